The van der Waals surface area contributed by atoms with Crippen LogP contribution in [0.15, 0.2) is 23.0 Å². The first kappa shape index (κ1) is 33.2. The highest BCUT2D eigenvalue weighted by atomic mass is 16.5. The fourth-order valence-electron chi connectivity index (χ4n) is 6.56. The largest absolute Gasteiger partial charge is 0.392 e. The van der Waals surface area contributed by atoms with Crippen LogP contribution in [0.2, 0.25) is 0 Å². The van der Waals surface area contributed by atoms with Crippen molar-refractivity contribution in [2.45, 2.75) is 98.1 Å². The lowest BCUT2D eigenvalue weighted by Gasteiger charge is -2.37. The second kappa shape index (κ2) is 15.4. The molecule has 0 radical (unpaired) electrons. The van der Waals surface area contributed by atoms with Crippen molar-refractivity contribution in [3.8, 4) is 11.8 Å². The van der Waals surface area contributed by atoms with E-state index >= 15 is 0 Å². The molecular formula is C35H52N4O4. The van der Waals surface area contributed by atoms with E-state index in [4.69, 9.17) is 4.74 Å². The van der Waals surface area contributed by atoms with Crippen LogP contribution in [0.4, 0.5) is 5.69 Å². The Labute approximate surface area is 257 Å². The normalized spacial score (nSPS) is 18.3. The van der Waals surface area contributed by atoms with Crippen LogP contribution in [0, 0.1) is 31.6 Å². The number of aryl methyl sites for hydroxylation is 1. The van der Waals surface area contributed by atoms with Gasteiger partial charge >= 0.3 is 0 Å². The van der Waals surface area contributed by atoms with Crippen molar-refractivity contribution in [2.24, 2.45) is 5.92 Å². The molecular weight excluding hydrogens is 540 g/mol. The molecule has 1 aromatic heterocycles. The van der Waals surface area contributed by atoms with E-state index in [0.717, 1.165) is 92.2 Å². The molecule has 2 aliphatic rings. The second-order valence-corrected chi connectivity index (χ2v) is 12.7. The lowest BCUT2D eigenvalue weighted by Crippen LogP contribution is -2.40. The molecule has 0 saturated carbocycles. The summed E-state index contributed by atoms with van der Waals surface area (Å²) in [6.07, 6.45) is 2.64. The SMILES string of the molecule is CCN(c1cc(C#CC2CCN(C[C@@H](C)O)CC2)cc(C(O)NCc2c(C(C)C)cc(C)[nH]c2=O)c1C)C1CCOCC1. The number of ether oxygens (including phenoxy) is 1. The Hall–Kier alpha value is -2.67. The number of pyridine rings is 1. The smallest absolute Gasteiger partial charge is 0.252 e. The fourth-order valence-corrected chi connectivity index (χ4v) is 6.56. The summed E-state index contributed by atoms with van der Waals surface area (Å²) >= 11 is 0. The van der Waals surface area contributed by atoms with Crippen molar-refractivity contribution in [2.75, 3.05) is 44.3 Å². The minimum Gasteiger partial charge on any atom is -0.392 e. The van der Waals surface area contributed by atoms with E-state index in [1.54, 1.807) is 0 Å². The van der Waals surface area contributed by atoms with Gasteiger partial charge in [-0.2, -0.15) is 0 Å². The predicted molar refractivity (Wildman–Crippen MR) is 173 cm³/mol. The Balaban J connectivity index is 1.63. The third kappa shape index (κ3) is 8.71. The molecule has 1 unspecified atom stereocenters. The first-order chi connectivity index (χ1) is 20.6. The number of hydrogen-bond donors (Lipinski definition) is 4. The number of aromatic amines is 1. The van der Waals surface area contributed by atoms with Crippen LogP contribution < -0.4 is 15.8 Å². The Kier molecular flexibility index (Phi) is 11.9. The lowest BCUT2D eigenvalue weighted by atomic mass is 9.95. The van der Waals surface area contributed by atoms with Crippen LogP contribution in [0.1, 0.15) is 99.0 Å². The van der Waals surface area contributed by atoms with Crippen LogP contribution >= 0.6 is 0 Å². The number of rotatable bonds is 10. The second-order valence-electron chi connectivity index (χ2n) is 12.7. The average molecular weight is 593 g/mol. The molecule has 4 N–H and O–H groups in total. The maximum Gasteiger partial charge on any atom is 0.252 e. The molecule has 2 atom stereocenters. The summed E-state index contributed by atoms with van der Waals surface area (Å²) < 4.78 is 5.65. The van der Waals surface area contributed by atoms with Gasteiger partial charge in [-0.15, -0.1) is 0 Å². The maximum absolute atomic E-state index is 12.9. The van der Waals surface area contributed by atoms with E-state index in [9.17, 15) is 15.0 Å². The molecule has 0 bridgehead atoms. The van der Waals surface area contributed by atoms with E-state index in [-0.39, 0.29) is 24.1 Å². The lowest BCUT2D eigenvalue weighted by molar-refractivity contribution is 0.0846. The number of nitrogens with zero attached hydrogens (tertiary/aromatic N) is 2. The summed E-state index contributed by atoms with van der Waals surface area (Å²) in [6.45, 7) is 17.4. The summed E-state index contributed by atoms with van der Waals surface area (Å²) in [7, 11) is 0. The molecule has 1 aromatic carbocycles. The fraction of sp³-hybridized carbons (Fsp3) is 0.629. The van der Waals surface area contributed by atoms with Gasteiger partial charge in [0, 0.05) is 72.9 Å². The molecule has 0 aliphatic carbocycles. The van der Waals surface area contributed by atoms with Crippen molar-refractivity contribution in [3.63, 3.8) is 0 Å². The van der Waals surface area contributed by atoms with Gasteiger partial charge in [0.2, 0.25) is 0 Å². The maximum atomic E-state index is 12.9. The third-order valence-electron chi connectivity index (χ3n) is 8.93. The number of piperidine rings is 1. The molecule has 236 valence electrons. The Morgan fingerprint density at radius 3 is 2.40 bits per heavy atom. The van der Waals surface area contributed by atoms with Crippen LogP contribution in [0.5, 0.6) is 0 Å². The van der Waals surface area contributed by atoms with Crippen molar-refractivity contribution in [3.05, 3.63) is 62.1 Å². The highest BCUT2D eigenvalue weighted by Gasteiger charge is 2.25. The van der Waals surface area contributed by atoms with E-state index in [0.29, 0.717) is 24.1 Å². The van der Waals surface area contributed by atoms with Crippen LogP contribution in [-0.4, -0.2) is 71.6 Å². The summed E-state index contributed by atoms with van der Waals surface area (Å²) in [5, 5.41) is 24.5. The van der Waals surface area contributed by atoms with E-state index < -0.39 is 6.23 Å². The number of aliphatic hydroxyl groups is 2. The van der Waals surface area contributed by atoms with Gasteiger partial charge in [0.25, 0.3) is 5.56 Å². The number of nitrogens with one attached hydrogen (secondary N) is 2. The average Bonchev–Trinajstić information content (AvgIpc) is 2.97. The number of likely N-dealkylation sites (tertiary alicyclic amines) is 1. The van der Waals surface area contributed by atoms with Gasteiger partial charge in [-0.1, -0.05) is 25.7 Å². The van der Waals surface area contributed by atoms with Gasteiger partial charge in [-0.3, -0.25) is 10.1 Å². The molecule has 8 heteroatoms. The summed E-state index contributed by atoms with van der Waals surface area (Å²) in [6, 6.07) is 6.59. The van der Waals surface area contributed by atoms with E-state index in [2.05, 4.69) is 65.7 Å². The summed E-state index contributed by atoms with van der Waals surface area (Å²) in [5.74, 6) is 7.49. The van der Waals surface area contributed by atoms with Crippen LogP contribution in [-0.2, 0) is 11.3 Å². The molecule has 2 aromatic rings. The van der Waals surface area contributed by atoms with Crippen molar-refractivity contribution in [1.29, 1.82) is 0 Å². The number of anilines is 1. The van der Waals surface area contributed by atoms with Gasteiger partial charge in [-0.25, -0.2) is 0 Å². The zero-order chi connectivity index (χ0) is 31.1. The molecule has 2 fully saturated rings. The van der Waals surface area contributed by atoms with Gasteiger partial charge in [-0.05, 0) is 102 Å². The van der Waals surface area contributed by atoms with Crippen LogP contribution in [0.25, 0.3) is 0 Å². The zero-order valence-electron chi connectivity index (χ0n) is 27.0. The topological polar surface area (TPSA) is 101 Å². The van der Waals surface area contributed by atoms with Crippen molar-refractivity contribution in [1.82, 2.24) is 15.2 Å². The number of aromatic nitrogens is 1. The number of benzene rings is 1. The molecule has 3 heterocycles. The Morgan fingerprint density at radius 2 is 1.77 bits per heavy atom. The van der Waals surface area contributed by atoms with Crippen LogP contribution in [0.3, 0.4) is 0 Å². The number of hydrogen-bond acceptors (Lipinski definition) is 7. The van der Waals surface area contributed by atoms with E-state index in [1.807, 2.05) is 26.0 Å². The van der Waals surface area contributed by atoms with E-state index in [1.165, 1.54) is 0 Å². The molecule has 0 spiro atoms. The first-order valence-electron chi connectivity index (χ1n) is 16.1. The standard InChI is InChI=1S/C35H52N4O4/c1-7-39(29-12-16-43-17-13-29)33-20-28(9-8-27-10-14-38(15-11-27)22-25(5)40)19-31(26(33)6)34(41)36-21-32-30(23(2)3)18-24(4)37-35(32)42/h18-20,23,25,27,29,34,36,40-41H,7,10-17,21-22H2,1-6H3,(H,37,42)/t25-,34?/m1/s1. The van der Waals surface area contributed by atoms with Crippen molar-refractivity contribution >= 4 is 5.69 Å². The zero-order valence-corrected chi connectivity index (χ0v) is 27.0. The summed E-state index contributed by atoms with van der Waals surface area (Å²) in [4.78, 5) is 20.5. The number of aliphatic hydroxyl groups excluding tert-OH is 2. The Bertz CT molecular complexity index is 1330. The molecule has 2 aliphatic heterocycles. The highest BCUT2D eigenvalue weighted by molar-refractivity contribution is 5.62. The molecule has 43 heavy (non-hydrogen) atoms. The molecule has 2 saturated heterocycles. The predicted octanol–water partition coefficient (Wildman–Crippen LogP) is 4.35. The quantitative estimate of drug-likeness (QED) is 0.241. The highest BCUT2D eigenvalue weighted by Crippen LogP contribution is 2.32. The monoisotopic (exact) mass is 592 g/mol. The molecule has 4 rings (SSSR count). The first-order valence-corrected chi connectivity index (χ1v) is 16.1. The van der Waals surface area contributed by atoms with Gasteiger partial charge in [0.1, 0.15) is 6.23 Å². The molecule has 0 amide bonds. The van der Waals surface area contributed by atoms with Gasteiger partial charge in [0.15, 0.2) is 0 Å². The number of H-pyrrole nitrogens is 1. The van der Waals surface area contributed by atoms with Gasteiger partial charge < -0.3 is 29.7 Å². The van der Waals surface area contributed by atoms with Gasteiger partial charge in [0.05, 0.1) is 6.10 Å². The Morgan fingerprint density at radius 1 is 1.07 bits per heavy atom. The minimum absolute atomic E-state index is 0.114. The third-order valence-corrected chi connectivity index (χ3v) is 8.93. The summed E-state index contributed by atoms with van der Waals surface area (Å²) in [5.41, 5.74) is 6.18. The van der Waals surface area contributed by atoms with Crippen molar-refractivity contribution < 1.29 is 14.9 Å². The minimum atomic E-state index is -0.960. The molecule has 8 nitrogen and oxygen atoms in total. The number of β-amino-alcohol motifs (C(OH)–C–C–N with tert-alkyl or cyclic N) is 1.